The topological polar surface area (TPSA) is 78.5 Å². The van der Waals surface area contributed by atoms with Gasteiger partial charge < -0.3 is 4.74 Å². The predicted octanol–water partition coefficient (Wildman–Crippen LogP) is 5.35. The predicted molar refractivity (Wildman–Crippen MR) is 144 cm³/mol. The molecule has 2 aromatic carbocycles. The van der Waals surface area contributed by atoms with Gasteiger partial charge in [0.05, 0.1) is 16.9 Å². The fourth-order valence-corrected chi connectivity index (χ4v) is 4.42. The molecule has 0 spiro atoms. The van der Waals surface area contributed by atoms with Crippen molar-refractivity contribution in [1.82, 2.24) is 19.2 Å². The number of hydrogen-bond donors (Lipinski definition) is 0. The average Bonchev–Trinajstić information content (AvgIpc) is 3.25. The number of aromatic nitrogens is 4. The highest BCUT2D eigenvalue weighted by atomic mass is 16.5. The van der Waals surface area contributed by atoms with Gasteiger partial charge in [-0.1, -0.05) is 42.0 Å². The summed E-state index contributed by atoms with van der Waals surface area (Å²) in [4.78, 5) is 30.9. The van der Waals surface area contributed by atoms with Gasteiger partial charge in [-0.2, -0.15) is 5.10 Å². The summed E-state index contributed by atoms with van der Waals surface area (Å²) in [6.45, 7) is 9.70. The lowest BCUT2D eigenvalue weighted by molar-refractivity contribution is 0.0922. The summed E-state index contributed by atoms with van der Waals surface area (Å²) in [6.07, 6.45) is 1.65. The van der Waals surface area contributed by atoms with Crippen LogP contribution in [0.4, 0.5) is 0 Å². The fraction of sp³-hybridized carbons (Fsp3) is 0.200. The van der Waals surface area contributed by atoms with E-state index in [9.17, 15) is 9.59 Å². The molecule has 0 radical (unpaired) electrons. The van der Waals surface area contributed by atoms with E-state index in [0.29, 0.717) is 33.9 Å². The number of ether oxygens (including phenoxy) is 1. The Balaban J connectivity index is 1.51. The van der Waals surface area contributed by atoms with Crippen LogP contribution in [0.25, 0.3) is 22.6 Å². The molecule has 0 amide bonds. The van der Waals surface area contributed by atoms with Crippen molar-refractivity contribution < 1.29 is 9.53 Å². The molecule has 0 aliphatic rings. The van der Waals surface area contributed by atoms with Crippen molar-refractivity contribution in [2.45, 2.75) is 34.6 Å². The van der Waals surface area contributed by atoms with Crippen LogP contribution in [0.15, 0.2) is 71.7 Å². The van der Waals surface area contributed by atoms with Gasteiger partial charge in [-0.15, -0.1) is 0 Å². The Hall–Kier alpha value is -4.52. The lowest BCUT2D eigenvalue weighted by Crippen LogP contribution is -2.20. The fourth-order valence-electron chi connectivity index (χ4n) is 4.42. The van der Waals surface area contributed by atoms with E-state index in [1.54, 1.807) is 37.4 Å². The van der Waals surface area contributed by atoms with Gasteiger partial charge in [-0.3, -0.25) is 14.0 Å². The second-order valence-electron chi connectivity index (χ2n) is 9.32. The van der Waals surface area contributed by atoms with Gasteiger partial charge in [0.25, 0.3) is 5.56 Å². The maximum Gasteiger partial charge on any atom is 0.267 e. The van der Waals surface area contributed by atoms with E-state index in [0.717, 1.165) is 22.5 Å². The summed E-state index contributed by atoms with van der Waals surface area (Å²) in [6, 6.07) is 18.7. The molecule has 0 saturated heterocycles. The number of hydrogen-bond acceptors (Lipinski definition) is 5. The molecule has 37 heavy (non-hydrogen) atoms. The van der Waals surface area contributed by atoms with Gasteiger partial charge in [0.2, 0.25) is 0 Å². The minimum Gasteiger partial charge on any atom is -0.482 e. The normalized spacial score (nSPS) is 11.2. The van der Waals surface area contributed by atoms with E-state index in [1.807, 2.05) is 48.9 Å². The van der Waals surface area contributed by atoms with Crippen molar-refractivity contribution in [1.29, 1.82) is 0 Å². The summed E-state index contributed by atoms with van der Waals surface area (Å²) >= 11 is 0. The summed E-state index contributed by atoms with van der Waals surface area (Å²) < 4.78 is 9.14. The largest absolute Gasteiger partial charge is 0.482 e. The van der Waals surface area contributed by atoms with Crippen LogP contribution in [0.5, 0.6) is 5.75 Å². The third kappa shape index (κ3) is 4.44. The number of pyridine rings is 1. The van der Waals surface area contributed by atoms with Crippen LogP contribution in [0, 0.1) is 34.6 Å². The Morgan fingerprint density at radius 1 is 0.946 bits per heavy atom. The molecule has 0 bridgehead atoms. The van der Waals surface area contributed by atoms with Gasteiger partial charge in [0.15, 0.2) is 23.8 Å². The van der Waals surface area contributed by atoms with Gasteiger partial charge in [-0.05, 0) is 70.0 Å². The van der Waals surface area contributed by atoms with Crippen molar-refractivity contribution in [2.24, 2.45) is 0 Å². The second-order valence-corrected chi connectivity index (χ2v) is 9.32. The molecule has 0 atom stereocenters. The summed E-state index contributed by atoms with van der Waals surface area (Å²) in [7, 11) is 0. The zero-order chi connectivity index (χ0) is 26.3. The SMILES string of the molecule is Cc1ccc(C(=O)COc2cccn3c(=O)c(-c4cc(C)n(-c5cccc(C)c5C)n4)c(C)nc23)cc1. The summed E-state index contributed by atoms with van der Waals surface area (Å²) in [5.74, 6) is 0.219. The number of benzene rings is 2. The Labute approximate surface area is 215 Å². The van der Waals surface area contributed by atoms with Crippen LogP contribution in [0.2, 0.25) is 0 Å². The Kier molecular flexibility index (Phi) is 6.21. The number of carbonyl (C=O) groups excluding carboxylic acids is 1. The minimum atomic E-state index is -0.247. The number of rotatable bonds is 6. The molecule has 5 aromatic rings. The standard InChI is InChI=1S/C30H28N4O3/c1-18-11-13-23(14-12-18)26(35)17-37-27-10-7-15-33-29(27)31-22(5)28(30(33)36)24-16-20(3)34(32-24)25-9-6-8-19(2)21(25)4/h6-16H,17H2,1-5H3. The molecule has 0 aliphatic heterocycles. The smallest absolute Gasteiger partial charge is 0.267 e. The first-order valence-electron chi connectivity index (χ1n) is 12.1. The molecule has 3 heterocycles. The molecular formula is C30H28N4O3. The number of aryl methyl sites for hydroxylation is 4. The van der Waals surface area contributed by atoms with E-state index >= 15 is 0 Å². The van der Waals surface area contributed by atoms with Crippen LogP contribution >= 0.6 is 0 Å². The molecule has 186 valence electrons. The highest BCUT2D eigenvalue weighted by molar-refractivity contribution is 5.97. The molecule has 0 fully saturated rings. The first kappa shape index (κ1) is 24.2. The van der Waals surface area contributed by atoms with Gasteiger partial charge in [0, 0.05) is 17.5 Å². The highest BCUT2D eigenvalue weighted by Crippen LogP contribution is 2.25. The summed E-state index contributed by atoms with van der Waals surface area (Å²) in [5.41, 5.74) is 7.48. The van der Waals surface area contributed by atoms with Crippen LogP contribution in [-0.4, -0.2) is 31.6 Å². The molecule has 0 aliphatic carbocycles. The minimum absolute atomic E-state index is 0.148. The third-order valence-electron chi connectivity index (χ3n) is 6.68. The van der Waals surface area contributed by atoms with E-state index < -0.39 is 0 Å². The van der Waals surface area contributed by atoms with Crippen molar-refractivity contribution in [3.8, 4) is 22.7 Å². The highest BCUT2D eigenvalue weighted by Gasteiger charge is 2.19. The Bertz CT molecular complexity index is 1710. The van der Waals surface area contributed by atoms with E-state index in [1.165, 1.54) is 9.96 Å². The van der Waals surface area contributed by atoms with Crippen LogP contribution in [-0.2, 0) is 0 Å². The number of ketones is 1. The van der Waals surface area contributed by atoms with E-state index in [2.05, 4.69) is 19.9 Å². The van der Waals surface area contributed by atoms with Crippen molar-refractivity contribution in [3.05, 3.63) is 111 Å². The van der Waals surface area contributed by atoms with Crippen molar-refractivity contribution >= 4 is 11.4 Å². The molecule has 0 N–H and O–H groups in total. The van der Waals surface area contributed by atoms with Gasteiger partial charge >= 0.3 is 0 Å². The van der Waals surface area contributed by atoms with Gasteiger partial charge in [0.1, 0.15) is 5.69 Å². The second kappa shape index (κ2) is 9.50. The monoisotopic (exact) mass is 492 g/mol. The number of carbonyl (C=O) groups is 1. The lowest BCUT2D eigenvalue weighted by Gasteiger charge is -2.12. The third-order valence-corrected chi connectivity index (χ3v) is 6.68. The number of Topliss-reactive ketones (excluding diaryl/α,β-unsaturated/α-hetero) is 1. The summed E-state index contributed by atoms with van der Waals surface area (Å²) in [5, 5.41) is 4.79. The maximum atomic E-state index is 13.6. The molecule has 0 saturated carbocycles. The van der Waals surface area contributed by atoms with E-state index in [4.69, 9.17) is 14.8 Å². The first-order valence-corrected chi connectivity index (χ1v) is 12.1. The first-order chi connectivity index (χ1) is 17.7. The van der Waals surface area contributed by atoms with Crippen molar-refractivity contribution in [3.63, 3.8) is 0 Å². The Morgan fingerprint density at radius 3 is 2.46 bits per heavy atom. The zero-order valence-electron chi connectivity index (χ0n) is 21.6. The molecule has 7 heteroatoms. The molecule has 3 aromatic heterocycles. The van der Waals surface area contributed by atoms with Crippen LogP contribution < -0.4 is 10.3 Å². The average molecular weight is 493 g/mol. The van der Waals surface area contributed by atoms with Crippen LogP contribution in [0.3, 0.4) is 0 Å². The maximum absolute atomic E-state index is 13.6. The van der Waals surface area contributed by atoms with Gasteiger partial charge in [-0.25, -0.2) is 9.67 Å². The Morgan fingerprint density at radius 2 is 1.70 bits per heavy atom. The molecule has 0 unspecified atom stereocenters. The molecular weight excluding hydrogens is 464 g/mol. The number of fused-ring (bicyclic) bond motifs is 1. The molecule has 5 rings (SSSR count). The molecule has 7 nitrogen and oxygen atoms in total. The zero-order valence-corrected chi connectivity index (χ0v) is 21.6. The van der Waals surface area contributed by atoms with Crippen LogP contribution in [0.1, 0.15) is 38.4 Å². The van der Waals surface area contributed by atoms with E-state index in [-0.39, 0.29) is 17.9 Å². The number of nitrogens with zero attached hydrogens (tertiary/aromatic N) is 4. The lowest BCUT2D eigenvalue weighted by atomic mass is 10.1. The van der Waals surface area contributed by atoms with Crippen molar-refractivity contribution in [2.75, 3.05) is 6.61 Å². The quantitative estimate of drug-likeness (QED) is 0.299.